The lowest BCUT2D eigenvalue weighted by atomic mass is 9.59. The zero-order valence-electron chi connectivity index (χ0n) is 11.4. The van der Waals surface area contributed by atoms with Crippen molar-refractivity contribution < 1.29 is 5.11 Å². The number of hydrogen-bond acceptors (Lipinski definition) is 1. The molecule has 0 spiro atoms. The summed E-state index contributed by atoms with van der Waals surface area (Å²) in [4.78, 5) is 0. The van der Waals surface area contributed by atoms with Gasteiger partial charge in [-0.2, -0.15) is 0 Å². The molecule has 1 N–H and O–H groups in total. The van der Waals surface area contributed by atoms with Gasteiger partial charge in [0.1, 0.15) is 0 Å². The molecule has 0 aromatic rings. The van der Waals surface area contributed by atoms with E-state index in [9.17, 15) is 5.11 Å². The van der Waals surface area contributed by atoms with Crippen LogP contribution in [0, 0.1) is 17.3 Å². The molecule has 0 radical (unpaired) electrons. The second-order valence-corrected chi connectivity index (χ2v) is 6.00. The number of rotatable bonds is 5. The fraction of sp³-hybridized carbons (Fsp3) is 0.625. The monoisotopic (exact) mass is 234 g/mol. The van der Waals surface area contributed by atoms with Crippen LogP contribution in [0.1, 0.15) is 40.0 Å². The quantitative estimate of drug-likeness (QED) is 0.710. The standard InChI is InChI=1S/C16H26O/c1-6-10-16(17,11-7-2)14-13(3)9-8-12-15(14,4)5/h6-8,12-14,17H,1-2,9-11H2,3-5H3/t13-,14-/m0/s1. The van der Waals surface area contributed by atoms with Crippen LogP contribution >= 0.6 is 0 Å². The lowest BCUT2D eigenvalue weighted by Crippen LogP contribution is -2.49. The lowest BCUT2D eigenvalue weighted by Gasteiger charge is -2.48. The minimum absolute atomic E-state index is 0.0262. The van der Waals surface area contributed by atoms with Crippen LogP contribution in [-0.2, 0) is 0 Å². The van der Waals surface area contributed by atoms with E-state index in [2.05, 4.69) is 46.1 Å². The maximum absolute atomic E-state index is 11.0. The molecule has 0 saturated heterocycles. The molecule has 0 saturated carbocycles. The molecule has 0 heterocycles. The molecule has 1 rings (SSSR count). The van der Waals surface area contributed by atoms with Crippen molar-refractivity contribution in [3.05, 3.63) is 37.5 Å². The van der Waals surface area contributed by atoms with Crippen molar-refractivity contribution in [2.24, 2.45) is 17.3 Å². The van der Waals surface area contributed by atoms with Crippen molar-refractivity contribution >= 4 is 0 Å². The van der Waals surface area contributed by atoms with E-state index in [-0.39, 0.29) is 11.3 Å². The van der Waals surface area contributed by atoms with Gasteiger partial charge in [-0.15, -0.1) is 13.2 Å². The smallest absolute Gasteiger partial charge is 0.0754 e. The molecule has 17 heavy (non-hydrogen) atoms. The summed E-state index contributed by atoms with van der Waals surface area (Å²) in [6.45, 7) is 14.2. The molecular weight excluding hydrogens is 208 g/mol. The van der Waals surface area contributed by atoms with E-state index in [0.29, 0.717) is 18.8 Å². The predicted octanol–water partition coefficient (Wildman–Crippen LogP) is 4.11. The minimum atomic E-state index is -0.711. The average Bonchev–Trinajstić information content (AvgIpc) is 2.15. The van der Waals surface area contributed by atoms with Gasteiger partial charge in [0.05, 0.1) is 5.60 Å². The third kappa shape index (κ3) is 2.90. The molecule has 1 aliphatic rings. The Morgan fingerprint density at radius 2 is 1.88 bits per heavy atom. The molecule has 0 aromatic carbocycles. The first-order valence-electron chi connectivity index (χ1n) is 6.49. The van der Waals surface area contributed by atoms with E-state index < -0.39 is 5.60 Å². The first-order valence-corrected chi connectivity index (χ1v) is 6.49. The Balaban J connectivity index is 3.10. The average molecular weight is 234 g/mol. The third-order valence-corrected chi connectivity index (χ3v) is 4.00. The van der Waals surface area contributed by atoms with Crippen molar-refractivity contribution in [2.45, 2.75) is 45.6 Å². The van der Waals surface area contributed by atoms with Gasteiger partial charge in [-0.1, -0.05) is 45.1 Å². The normalized spacial score (nSPS) is 27.8. The van der Waals surface area contributed by atoms with Crippen LogP contribution in [0.15, 0.2) is 37.5 Å². The van der Waals surface area contributed by atoms with Crippen molar-refractivity contribution in [1.29, 1.82) is 0 Å². The molecule has 96 valence electrons. The SMILES string of the molecule is C=CCC(O)(CC=C)[C@H]1[C@@H](C)CC=CC1(C)C. The Bertz CT molecular complexity index is 301. The Labute approximate surface area is 106 Å². The van der Waals surface area contributed by atoms with Gasteiger partial charge in [0.2, 0.25) is 0 Å². The summed E-state index contributed by atoms with van der Waals surface area (Å²) in [5.74, 6) is 0.732. The second-order valence-electron chi connectivity index (χ2n) is 6.00. The fourth-order valence-corrected chi connectivity index (χ4v) is 3.62. The van der Waals surface area contributed by atoms with E-state index in [1.54, 1.807) is 0 Å². The zero-order chi connectivity index (χ0) is 13.1. The van der Waals surface area contributed by atoms with Gasteiger partial charge < -0.3 is 5.11 Å². The van der Waals surface area contributed by atoms with Gasteiger partial charge in [0.25, 0.3) is 0 Å². The van der Waals surface area contributed by atoms with Gasteiger partial charge in [-0.25, -0.2) is 0 Å². The summed E-state index contributed by atoms with van der Waals surface area (Å²) in [7, 11) is 0. The van der Waals surface area contributed by atoms with Crippen LogP contribution in [0.2, 0.25) is 0 Å². The van der Waals surface area contributed by atoms with E-state index in [4.69, 9.17) is 0 Å². The molecule has 1 aliphatic carbocycles. The molecule has 0 fully saturated rings. The lowest BCUT2D eigenvalue weighted by molar-refractivity contribution is -0.0769. The summed E-state index contributed by atoms with van der Waals surface area (Å²) in [5.41, 5.74) is -0.685. The van der Waals surface area contributed by atoms with E-state index in [0.717, 1.165) is 6.42 Å². The first-order chi connectivity index (χ1) is 7.87. The second kappa shape index (κ2) is 5.22. The van der Waals surface area contributed by atoms with E-state index in [1.807, 2.05) is 12.2 Å². The maximum Gasteiger partial charge on any atom is 0.0754 e. The highest BCUT2D eigenvalue weighted by atomic mass is 16.3. The summed E-state index contributed by atoms with van der Waals surface area (Å²) in [6.07, 6.45) is 10.4. The van der Waals surface area contributed by atoms with Gasteiger partial charge >= 0.3 is 0 Å². The summed E-state index contributed by atoms with van der Waals surface area (Å²) >= 11 is 0. The molecule has 1 nitrogen and oxygen atoms in total. The van der Waals surface area contributed by atoms with Crippen LogP contribution < -0.4 is 0 Å². The molecule has 1 heteroatoms. The first kappa shape index (κ1) is 14.2. The zero-order valence-corrected chi connectivity index (χ0v) is 11.4. The Morgan fingerprint density at radius 3 is 2.29 bits per heavy atom. The summed E-state index contributed by atoms with van der Waals surface area (Å²) in [5, 5.41) is 11.0. The summed E-state index contributed by atoms with van der Waals surface area (Å²) in [6, 6.07) is 0. The van der Waals surface area contributed by atoms with Crippen molar-refractivity contribution in [1.82, 2.24) is 0 Å². The fourth-order valence-electron chi connectivity index (χ4n) is 3.62. The molecular formula is C16H26O. The van der Waals surface area contributed by atoms with Gasteiger partial charge in [-0.05, 0) is 36.5 Å². The highest BCUT2D eigenvalue weighted by molar-refractivity contribution is 5.12. The van der Waals surface area contributed by atoms with Crippen LogP contribution in [0.5, 0.6) is 0 Å². The van der Waals surface area contributed by atoms with Crippen molar-refractivity contribution in [3.8, 4) is 0 Å². The maximum atomic E-state index is 11.0. The van der Waals surface area contributed by atoms with Crippen molar-refractivity contribution in [2.75, 3.05) is 0 Å². The number of aliphatic hydroxyl groups is 1. The highest BCUT2D eigenvalue weighted by Gasteiger charge is 2.46. The molecule has 0 unspecified atom stereocenters. The van der Waals surface area contributed by atoms with Crippen LogP contribution in [0.25, 0.3) is 0 Å². The molecule has 0 aromatic heterocycles. The van der Waals surface area contributed by atoms with Gasteiger partial charge in [-0.3, -0.25) is 0 Å². The Kier molecular flexibility index (Phi) is 4.37. The van der Waals surface area contributed by atoms with E-state index in [1.165, 1.54) is 0 Å². The summed E-state index contributed by atoms with van der Waals surface area (Å²) < 4.78 is 0. The molecule has 0 bridgehead atoms. The molecule has 0 amide bonds. The molecule has 0 aliphatic heterocycles. The van der Waals surface area contributed by atoms with Crippen LogP contribution in [-0.4, -0.2) is 10.7 Å². The third-order valence-electron chi connectivity index (χ3n) is 4.00. The number of allylic oxidation sites excluding steroid dienone is 2. The van der Waals surface area contributed by atoms with Gasteiger partial charge in [0.15, 0.2) is 0 Å². The van der Waals surface area contributed by atoms with E-state index >= 15 is 0 Å². The molecule has 2 atom stereocenters. The Morgan fingerprint density at radius 1 is 1.35 bits per heavy atom. The predicted molar refractivity (Wildman–Crippen MR) is 74.8 cm³/mol. The Hall–Kier alpha value is -0.820. The topological polar surface area (TPSA) is 20.2 Å². The van der Waals surface area contributed by atoms with Crippen molar-refractivity contribution in [3.63, 3.8) is 0 Å². The van der Waals surface area contributed by atoms with Gasteiger partial charge in [0, 0.05) is 0 Å². The van der Waals surface area contributed by atoms with Crippen LogP contribution in [0.4, 0.5) is 0 Å². The minimum Gasteiger partial charge on any atom is -0.389 e. The largest absolute Gasteiger partial charge is 0.389 e. The van der Waals surface area contributed by atoms with Crippen LogP contribution in [0.3, 0.4) is 0 Å². The number of hydrogen-bond donors (Lipinski definition) is 1. The highest BCUT2D eigenvalue weighted by Crippen LogP contribution is 2.48.